The van der Waals surface area contributed by atoms with E-state index in [0.29, 0.717) is 0 Å². The predicted octanol–water partition coefficient (Wildman–Crippen LogP) is 11.2. The van der Waals surface area contributed by atoms with Crippen molar-refractivity contribution in [2.24, 2.45) is 0 Å². The van der Waals surface area contributed by atoms with Gasteiger partial charge in [-0.3, -0.25) is 8.80 Å². The molecule has 270 valence electrons. The normalized spacial score (nSPS) is 12.4. The number of hydrogen-bond acceptors (Lipinski definition) is 2. The predicted molar refractivity (Wildman–Crippen MR) is 223 cm³/mol. The average Bonchev–Trinajstić information content (AvgIpc) is 3.99. The van der Waals surface area contributed by atoms with Gasteiger partial charge in [-0.15, -0.1) is 41.3 Å². The van der Waals surface area contributed by atoms with Crippen LogP contribution in [0.1, 0.15) is 26.3 Å². The van der Waals surface area contributed by atoms with Crippen LogP contribution in [0.5, 0.6) is 0 Å². The second kappa shape index (κ2) is 11.8. The molecule has 0 N–H and O–H groups in total. The van der Waals surface area contributed by atoms with Gasteiger partial charge in [-0.05, 0) is 65.4 Å². The molecule has 7 aromatic carbocycles. The fourth-order valence-corrected chi connectivity index (χ4v) is 8.65. The van der Waals surface area contributed by atoms with Gasteiger partial charge in [-0.1, -0.05) is 110 Å². The molecule has 56 heavy (non-hydrogen) atoms. The van der Waals surface area contributed by atoms with Gasteiger partial charge in [0.25, 0.3) is 0 Å². The van der Waals surface area contributed by atoms with Crippen LogP contribution in [-0.2, 0) is 26.5 Å². The Morgan fingerprint density at radius 2 is 0.893 bits per heavy atom. The topological polar surface area (TPSA) is 49.4 Å². The Hall–Kier alpha value is -6.43. The average molecular weight is 903 g/mol. The summed E-state index contributed by atoms with van der Waals surface area (Å²) >= 11 is 0. The molecule has 0 aliphatic rings. The summed E-state index contributed by atoms with van der Waals surface area (Å²) in [6.45, 7) is 6.82. The van der Waals surface area contributed by atoms with Crippen molar-refractivity contribution in [1.29, 1.82) is 0 Å². The molecule has 0 spiro atoms. The number of hydrogen-bond donors (Lipinski definition) is 0. The molecule has 0 saturated carbocycles. The molecule has 5 heterocycles. The van der Waals surface area contributed by atoms with E-state index in [-0.39, 0.29) is 26.5 Å². The SMILES string of the molecule is CC(C)(C)c1cc(-n2c3[c-]c(-n4c5ccccc5n5c6ccccc6nc45)ccc3c3ccccc32)[c-]c(-n2c3ccccc3n3c4ccccc4nc23)c1.[Pt+2]. The van der Waals surface area contributed by atoms with Crippen LogP contribution in [0.15, 0.2) is 146 Å². The molecule has 0 radical (unpaired) electrons. The van der Waals surface area contributed by atoms with Gasteiger partial charge < -0.3 is 13.7 Å². The summed E-state index contributed by atoms with van der Waals surface area (Å²) in [5, 5.41) is 2.29. The molecule has 7 nitrogen and oxygen atoms in total. The van der Waals surface area contributed by atoms with Crippen LogP contribution in [0.3, 0.4) is 0 Å². The van der Waals surface area contributed by atoms with Crippen molar-refractivity contribution in [3.63, 3.8) is 0 Å². The summed E-state index contributed by atoms with van der Waals surface area (Å²) in [7, 11) is 0. The van der Waals surface area contributed by atoms with E-state index in [0.717, 1.165) is 89.2 Å². The number of para-hydroxylation sites is 9. The third kappa shape index (κ3) is 4.49. The molecular weight excluding hydrogens is 870 g/mol. The zero-order valence-corrected chi connectivity index (χ0v) is 33.1. The molecular formula is C48H33N7Pt. The minimum Gasteiger partial charge on any atom is -0.358 e. The van der Waals surface area contributed by atoms with E-state index in [2.05, 4.69) is 195 Å². The fourth-order valence-electron chi connectivity index (χ4n) is 8.65. The van der Waals surface area contributed by atoms with Gasteiger partial charge in [0.1, 0.15) is 0 Å². The first kappa shape index (κ1) is 33.0. The summed E-state index contributed by atoms with van der Waals surface area (Å²) in [6, 6.07) is 59.3. The molecule has 8 heteroatoms. The van der Waals surface area contributed by atoms with Crippen molar-refractivity contribution in [1.82, 2.24) is 32.5 Å². The number of fused-ring (bicyclic) bond motifs is 13. The van der Waals surface area contributed by atoms with Gasteiger partial charge >= 0.3 is 21.1 Å². The van der Waals surface area contributed by atoms with E-state index in [1.807, 2.05) is 6.07 Å². The Labute approximate surface area is 335 Å². The Balaban J connectivity index is 0.00000363. The monoisotopic (exact) mass is 902 g/mol. The van der Waals surface area contributed by atoms with E-state index >= 15 is 0 Å². The van der Waals surface area contributed by atoms with Crippen molar-refractivity contribution < 1.29 is 21.1 Å². The summed E-state index contributed by atoms with van der Waals surface area (Å²) in [5.74, 6) is 1.72. The summed E-state index contributed by atoms with van der Waals surface area (Å²) in [5.41, 5.74) is 14.4. The molecule has 0 fully saturated rings. The molecule has 0 saturated heterocycles. The van der Waals surface area contributed by atoms with Crippen molar-refractivity contribution in [3.8, 4) is 17.1 Å². The molecule has 0 amide bonds. The van der Waals surface area contributed by atoms with Crippen LogP contribution < -0.4 is 0 Å². The zero-order valence-electron chi connectivity index (χ0n) is 30.8. The third-order valence-corrected chi connectivity index (χ3v) is 11.2. The Bertz CT molecular complexity index is 3550. The van der Waals surface area contributed by atoms with Gasteiger partial charge in [-0.2, -0.15) is 6.07 Å². The van der Waals surface area contributed by atoms with Crippen LogP contribution in [0.25, 0.3) is 94.6 Å². The largest absolute Gasteiger partial charge is 2.00 e. The molecule has 12 rings (SSSR count). The maximum absolute atomic E-state index is 5.20. The molecule has 0 aliphatic heterocycles. The minimum absolute atomic E-state index is 0. The molecule has 0 unspecified atom stereocenters. The van der Waals surface area contributed by atoms with E-state index in [1.165, 1.54) is 10.9 Å². The minimum atomic E-state index is -0.149. The van der Waals surface area contributed by atoms with Crippen LogP contribution in [-0.4, -0.2) is 32.5 Å². The Kier molecular flexibility index (Phi) is 6.93. The summed E-state index contributed by atoms with van der Waals surface area (Å²) in [6.07, 6.45) is 0. The van der Waals surface area contributed by atoms with Gasteiger partial charge in [0.15, 0.2) is 0 Å². The first-order valence-corrected chi connectivity index (χ1v) is 18.7. The van der Waals surface area contributed by atoms with Crippen molar-refractivity contribution in [3.05, 3.63) is 163 Å². The van der Waals surface area contributed by atoms with Crippen LogP contribution in [0.2, 0.25) is 0 Å². The third-order valence-electron chi connectivity index (χ3n) is 11.2. The first-order chi connectivity index (χ1) is 26.9. The van der Waals surface area contributed by atoms with E-state index in [1.54, 1.807) is 0 Å². The second-order valence-corrected chi connectivity index (χ2v) is 15.5. The number of aromatic nitrogens is 7. The van der Waals surface area contributed by atoms with Gasteiger partial charge in [0.05, 0.1) is 44.1 Å². The number of benzene rings is 7. The molecule has 0 bridgehead atoms. The van der Waals surface area contributed by atoms with Gasteiger partial charge in [0.2, 0.25) is 11.6 Å². The summed E-state index contributed by atoms with van der Waals surface area (Å²) in [4.78, 5) is 10.4. The number of rotatable bonds is 3. The van der Waals surface area contributed by atoms with Crippen LogP contribution in [0, 0.1) is 12.1 Å². The standard InChI is InChI=1S/C48H33N7.Pt/c1-48(2,3)30-26-32(28-33(27-30)53-42-21-11-13-23-44(42)55-40-19-9-6-16-37(40)50-47(53)55)51-38-17-7-4-14-34(38)35-25-24-31(29-45(35)51)52-41-20-10-12-22-43(41)54-39-18-8-5-15-36(39)49-46(52)54;/h4-27H,1-3H3;/q-2;+2. The molecule has 12 aromatic rings. The van der Waals surface area contributed by atoms with Crippen molar-refractivity contribution >= 4 is 77.5 Å². The second-order valence-electron chi connectivity index (χ2n) is 15.5. The zero-order chi connectivity index (χ0) is 36.6. The van der Waals surface area contributed by atoms with Crippen molar-refractivity contribution in [2.75, 3.05) is 0 Å². The maximum Gasteiger partial charge on any atom is 2.00 e. The first-order valence-electron chi connectivity index (χ1n) is 18.7. The van der Waals surface area contributed by atoms with E-state index < -0.39 is 0 Å². The summed E-state index contributed by atoms with van der Waals surface area (Å²) < 4.78 is 11.4. The quantitative estimate of drug-likeness (QED) is 0.166. The Morgan fingerprint density at radius 1 is 0.429 bits per heavy atom. The van der Waals surface area contributed by atoms with Gasteiger partial charge in [-0.25, -0.2) is 9.97 Å². The van der Waals surface area contributed by atoms with Gasteiger partial charge in [0, 0.05) is 5.52 Å². The smallest absolute Gasteiger partial charge is 0.358 e. The van der Waals surface area contributed by atoms with E-state index in [4.69, 9.17) is 9.97 Å². The van der Waals surface area contributed by atoms with Crippen LogP contribution in [0.4, 0.5) is 0 Å². The van der Waals surface area contributed by atoms with Crippen LogP contribution >= 0.6 is 0 Å². The number of imidazole rings is 4. The molecule has 0 atom stereocenters. The maximum atomic E-state index is 5.20. The van der Waals surface area contributed by atoms with Crippen molar-refractivity contribution in [2.45, 2.75) is 26.2 Å². The molecule has 5 aromatic heterocycles. The number of nitrogens with zero attached hydrogens (tertiary/aromatic N) is 7. The molecule has 0 aliphatic carbocycles. The van der Waals surface area contributed by atoms with E-state index in [9.17, 15) is 0 Å². The fraction of sp³-hybridized carbons (Fsp3) is 0.0833. The Morgan fingerprint density at radius 3 is 1.46 bits per heavy atom.